The standard InChI is InChI=1S/C18H30BNO3/c1-17(2)18(3,4)23-19(22-17)11-8-12-20(13-14-21)15-16-9-6-5-7-10-16/h5-7,9-10,21H,8,11-15H2,1-4H3. The summed E-state index contributed by atoms with van der Waals surface area (Å²) in [7, 11) is -0.132. The molecule has 1 aliphatic heterocycles. The molecule has 5 heteroatoms. The summed E-state index contributed by atoms with van der Waals surface area (Å²) in [6.45, 7) is 11.0. The smallest absolute Gasteiger partial charge is 0.403 e. The summed E-state index contributed by atoms with van der Waals surface area (Å²) >= 11 is 0. The van der Waals surface area contributed by atoms with Gasteiger partial charge >= 0.3 is 7.12 Å². The van der Waals surface area contributed by atoms with Gasteiger partial charge in [0.2, 0.25) is 0 Å². The normalized spacial score (nSPS) is 19.5. The third-order valence-corrected chi connectivity index (χ3v) is 4.88. The Bertz CT molecular complexity index is 462. The van der Waals surface area contributed by atoms with Gasteiger partial charge in [-0.15, -0.1) is 0 Å². The monoisotopic (exact) mass is 319 g/mol. The Kier molecular flexibility index (Phi) is 6.26. The molecule has 0 aromatic heterocycles. The third-order valence-electron chi connectivity index (χ3n) is 4.88. The van der Waals surface area contributed by atoms with Gasteiger partial charge in [0.25, 0.3) is 0 Å². The molecule has 0 amide bonds. The number of aliphatic hydroxyl groups excluding tert-OH is 1. The lowest BCUT2D eigenvalue weighted by Crippen LogP contribution is -2.41. The molecule has 23 heavy (non-hydrogen) atoms. The lowest BCUT2D eigenvalue weighted by Gasteiger charge is -2.32. The van der Waals surface area contributed by atoms with Crippen molar-refractivity contribution in [3.8, 4) is 0 Å². The van der Waals surface area contributed by atoms with Crippen molar-refractivity contribution in [2.75, 3.05) is 19.7 Å². The van der Waals surface area contributed by atoms with Gasteiger partial charge in [-0.2, -0.15) is 0 Å². The Morgan fingerprint density at radius 1 is 1.00 bits per heavy atom. The Hall–Kier alpha value is -0.875. The summed E-state index contributed by atoms with van der Waals surface area (Å²) in [5.74, 6) is 0. The zero-order chi connectivity index (χ0) is 16.9. The molecule has 0 radical (unpaired) electrons. The molecule has 0 unspecified atom stereocenters. The van der Waals surface area contributed by atoms with Gasteiger partial charge in [-0.05, 0) is 52.5 Å². The van der Waals surface area contributed by atoms with Crippen LogP contribution in [0.5, 0.6) is 0 Å². The van der Waals surface area contributed by atoms with Crippen molar-refractivity contribution >= 4 is 7.12 Å². The molecule has 1 heterocycles. The summed E-state index contributed by atoms with van der Waals surface area (Å²) in [5.41, 5.74) is 0.760. The van der Waals surface area contributed by atoms with Crippen LogP contribution in [0.4, 0.5) is 0 Å². The zero-order valence-corrected chi connectivity index (χ0v) is 14.9. The van der Waals surface area contributed by atoms with Crippen molar-refractivity contribution in [1.82, 2.24) is 4.90 Å². The number of nitrogens with zero attached hydrogens (tertiary/aromatic N) is 1. The molecule has 128 valence electrons. The van der Waals surface area contributed by atoms with E-state index in [0.717, 1.165) is 25.8 Å². The largest absolute Gasteiger partial charge is 0.457 e. The van der Waals surface area contributed by atoms with Gasteiger partial charge in [0.05, 0.1) is 17.8 Å². The van der Waals surface area contributed by atoms with Crippen molar-refractivity contribution in [1.29, 1.82) is 0 Å². The maximum absolute atomic E-state index is 9.27. The Labute approximate surface area is 140 Å². The molecule has 0 spiro atoms. The van der Waals surface area contributed by atoms with Gasteiger partial charge in [-0.25, -0.2) is 0 Å². The predicted octanol–water partition coefficient (Wildman–Crippen LogP) is 2.96. The maximum atomic E-state index is 9.27. The lowest BCUT2D eigenvalue weighted by atomic mass is 9.83. The summed E-state index contributed by atoms with van der Waals surface area (Å²) in [6, 6.07) is 10.4. The number of hydrogen-bond donors (Lipinski definition) is 1. The molecule has 0 bridgehead atoms. The summed E-state index contributed by atoms with van der Waals surface area (Å²) in [5, 5.41) is 9.27. The fourth-order valence-electron chi connectivity index (χ4n) is 2.82. The Morgan fingerprint density at radius 3 is 2.17 bits per heavy atom. The van der Waals surface area contributed by atoms with Crippen LogP contribution >= 0.6 is 0 Å². The minimum absolute atomic E-state index is 0.132. The van der Waals surface area contributed by atoms with Crippen molar-refractivity contribution in [2.24, 2.45) is 0 Å². The zero-order valence-electron chi connectivity index (χ0n) is 14.9. The first kappa shape index (κ1) is 18.5. The van der Waals surface area contributed by atoms with Crippen LogP contribution in [0.3, 0.4) is 0 Å². The van der Waals surface area contributed by atoms with E-state index in [4.69, 9.17) is 9.31 Å². The maximum Gasteiger partial charge on any atom is 0.457 e. The average Bonchev–Trinajstić information content (AvgIpc) is 2.68. The molecule has 0 saturated carbocycles. The Morgan fingerprint density at radius 2 is 1.61 bits per heavy atom. The molecule has 1 aromatic rings. The van der Waals surface area contributed by atoms with Crippen LogP contribution in [-0.2, 0) is 15.9 Å². The SMILES string of the molecule is CC1(C)OB(CCCN(CCO)Cc2ccccc2)OC1(C)C. The first-order chi connectivity index (χ1) is 10.8. The van der Waals surface area contributed by atoms with E-state index < -0.39 is 0 Å². The number of aliphatic hydroxyl groups is 1. The van der Waals surface area contributed by atoms with Gasteiger partial charge in [0.15, 0.2) is 0 Å². The first-order valence-electron chi connectivity index (χ1n) is 8.57. The van der Waals surface area contributed by atoms with Crippen LogP contribution in [-0.4, -0.2) is 48.0 Å². The van der Waals surface area contributed by atoms with E-state index in [0.29, 0.717) is 6.54 Å². The fourth-order valence-corrected chi connectivity index (χ4v) is 2.82. The molecule has 0 atom stereocenters. The van der Waals surface area contributed by atoms with E-state index in [1.807, 2.05) is 6.07 Å². The molecule has 2 rings (SSSR count). The third kappa shape index (κ3) is 5.05. The van der Waals surface area contributed by atoms with Gasteiger partial charge in [0.1, 0.15) is 0 Å². The van der Waals surface area contributed by atoms with Crippen LogP contribution in [0.25, 0.3) is 0 Å². The molecular weight excluding hydrogens is 289 g/mol. The quantitative estimate of drug-likeness (QED) is 0.748. The second-order valence-electron chi connectivity index (χ2n) is 7.31. The summed E-state index contributed by atoms with van der Waals surface area (Å²) < 4.78 is 12.1. The Balaban J connectivity index is 1.79. The average molecular weight is 319 g/mol. The van der Waals surface area contributed by atoms with E-state index in [9.17, 15) is 5.11 Å². The minimum Gasteiger partial charge on any atom is -0.403 e. The molecule has 1 N–H and O–H groups in total. The lowest BCUT2D eigenvalue weighted by molar-refractivity contribution is 0.00578. The fraction of sp³-hybridized carbons (Fsp3) is 0.667. The molecule has 1 aliphatic rings. The van der Waals surface area contributed by atoms with Gasteiger partial charge < -0.3 is 14.4 Å². The molecule has 1 saturated heterocycles. The van der Waals surface area contributed by atoms with Crippen LogP contribution in [0.15, 0.2) is 30.3 Å². The highest BCUT2D eigenvalue weighted by molar-refractivity contribution is 6.45. The van der Waals surface area contributed by atoms with Gasteiger partial charge in [0, 0.05) is 13.1 Å². The van der Waals surface area contributed by atoms with E-state index in [1.54, 1.807) is 0 Å². The predicted molar refractivity (Wildman–Crippen MR) is 94.3 cm³/mol. The van der Waals surface area contributed by atoms with E-state index in [-0.39, 0.29) is 24.9 Å². The van der Waals surface area contributed by atoms with Gasteiger partial charge in [-0.1, -0.05) is 30.3 Å². The number of rotatable bonds is 8. The highest BCUT2D eigenvalue weighted by atomic mass is 16.7. The van der Waals surface area contributed by atoms with Crippen molar-refractivity contribution in [3.63, 3.8) is 0 Å². The molecule has 4 nitrogen and oxygen atoms in total. The second-order valence-corrected chi connectivity index (χ2v) is 7.31. The summed E-state index contributed by atoms with van der Waals surface area (Å²) in [6.07, 6.45) is 1.87. The van der Waals surface area contributed by atoms with E-state index in [2.05, 4.69) is 56.9 Å². The van der Waals surface area contributed by atoms with E-state index >= 15 is 0 Å². The van der Waals surface area contributed by atoms with Gasteiger partial charge in [-0.3, -0.25) is 4.90 Å². The van der Waals surface area contributed by atoms with Crippen LogP contribution in [0.2, 0.25) is 6.32 Å². The van der Waals surface area contributed by atoms with Crippen LogP contribution in [0, 0.1) is 0 Å². The molecule has 1 aromatic carbocycles. The van der Waals surface area contributed by atoms with Crippen molar-refractivity contribution in [2.45, 2.75) is 58.2 Å². The van der Waals surface area contributed by atoms with Crippen molar-refractivity contribution < 1.29 is 14.4 Å². The number of hydrogen-bond acceptors (Lipinski definition) is 4. The topological polar surface area (TPSA) is 41.9 Å². The second kappa shape index (κ2) is 7.80. The highest BCUT2D eigenvalue weighted by Gasteiger charge is 2.50. The molecule has 1 fully saturated rings. The minimum atomic E-state index is -0.257. The van der Waals surface area contributed by atoms with Crippen LogP contribution in [0.1, 0.15) is 39.7 Å². The number of benzene rings is 1. The van der Waals surface area contributed by atoms with Crippen LogP contribution < -0.4 is 0 Å². The molecule has 0 aliphatic carbocycles. The van der Waals surface area contributed by atoms with Crippen molar-refractivity contribution in [3.05, 3.63) is 35.9 Å². The van der Waals surface area contributed by atoms with E-state index in [1.165, 1.54) is 5.56 Å². The highest BCUT2D eigenvalue weighted by Crippen LogP contribution is 2.37. The molecular formula is C18H30BNO3. The summed E-state index contributed by atoms with van der Waals surface area (Å²) in [4.78, 5) is 2.28. The first-order valence-corrected chi connectivity index (χ1v) is 8.57.